The maximum Gasteiger partial charge on any atom is 0.00189 e. The third kappa shape index (κ3) is 6.39. The Morgan fingerprint density at radius 3 is 1.79 bits per heavy atom. The molecular formula is C12H28N2. The molecule has 2 aliphatic rings. The van der Waals surface area contributed by atoms with Crippen molar-refractivity contribution in [3.63, 3.8) is 0 Å². The fraction of sp³-hybridized carbons (Fsp3) is 1.00. The first-order valence-electron chi connectivity index (χ1n) is 6.22. The molecule has 86 valence electrons. The molecule has 2 heterocycles. The molecule has 0 amide bonds. The highest BCUT2D eigenvalue weighted by Crippen LogP contribution is 2.14. The molecule has 0 aromatic carbocycles. The number of likely N-dealkylation sites (tertiary alicyclic amines) is 1. The Kier molecular flexibility index (Phi) is 9.42. The van der Waals surface area contributed by atoms with E-state index in [1.807, 2.05) is 13.8 Å². The summed E-state index contributed by atoms with van der Waals surface area (Å²) >= 11 is 0. The molecule has 1 N–H and O–H groups in total. The lowest BCUT2D eigenvalue weighted by Crippen LogP contribution is -2.42. The molecular weight excluding hydrogens is 172 g/mol. The van der Waals surface area contributed by atoms with Crippen molar-refractivity contribution in [3.05, 3.63) is 0 Å². The second-order valence-corrected chi connectivity index (χ2v) is 3.95. The van der Waals surface area contributed by atoms with E-state index in [4.69, 9.17) is 0 Å². The molecule has 0 atom stereocenters. The number of nitrogens with one attached hydrogen (secondary N) is 1. The average Bonchev–Trinajstić information content (AvgIpc) is 2.74. The van der Waals surface area contributed by atoms with Crippen molar-refractivity contribution in [2.45, 2.75) is 40.0 Å². The fourth-order valence-corrected chi connectivity index (χ4v) is 1.71. The Balaban J connectivity index is 0.000000213. The van der Waals surface area contributed by atoms with Crippen LogP contribution in [0.25, 0.3) is 0 Å². The Labute approximate surface area is 90.1 Å². The molecule has 2 fully saturated rings. The van der Waals surface area contributed by atoms with E-state index in [0.717, 1.165) is 5.92 Å². The number of hydrogen-bond acceptors (Lipinski definition) is 2. The van der Waals surface area contributed by atoms with E-state index < -0.39 is 0 Å². The first-order chi connectivity index (χ1) is 6.83. The van der Waals surface area contributed by atoms with Gasteiger partial charge in [0.15, 0.2) is 0 Å². The summed E-state index contributed by atoms with van der Waals surface area (Å²) in [5, 5.41) is 3.22. The molecule has 14 heavy (non-hydrogen) atoms. The highest BCUT2D eigenvalue weighted by atomic mass is 15.2. The van der Waals surface area contributed by atoms with E-state index in [9.17, 15) is 0 Å². The van der Waals surface area contributed by atoms with Gasteiger partial charge in [0.1, 0.15) is 0 Å². The van der Waals surface area contributed by atoms with Crippen LogP contribution in [-0.2, 0) is 0 Å². The summed E-state index contributed by atoms with van der Waals surface area (Å²) in [4.78, 5) is 2.36. The molecule has 0 unspecified atom stereocenters. The van der Waals surface area contributed by atoms with Crippen molar-refractivity contribution in [2.24, 2.45) is 5.92 Å². The van der Waals surface area contributed by atoms with E-state index >= 15 is 0 Å². The van der Waals surface area contributed by atoms with Gasteiger partial charge in [0.25, 0.3) is 0 Å². The smallest absolute Gasteiger partial charge is 0.00189 e. The third-order valence-electron chi connectivity index (χ3n) is 2.67. The van der Waals surface area contributed by atoms with Crippen LogP contribution in [0, 0.1) is 5.92 Å². The second kappa shape index (κ2) is 9.47. The predicted octanol–water partition coefficient (Wildman–Crippen LogP) is 2.35. The standard InChI is InChI=1S/C6H13N.C4H9N.C2H6/c1-3-6-4-7(2)5-6;1-2-4-5-3-1;1-2/h6H,3-5H2,1-2H3;5H,1-4H2;1-2H3. The largest absolute Gasteiger partial charge is 0.317 e. The fourth-order valence-electron chi connectivity index (χ4n) is 1.71. The van der Waals surface area contributed by atoms with E-state index in [-0.39, 0.29) is 0 Å². The summed E-state index contributed by atoms with van der Waals surface area (Å²) in [5.41, 5.74) is 0. The van der Waals surface area contributed by atoms with Gasteiger partial charge < -0.3 is 10.2 Å². The quantitative estimate of drug-likeness (QED) is 0.699. The van der Waals surface area contributed by atoms with Crippen LogP contribution in [0.2, 0.25) is 0 Å². The molecule has 2 heteroatoms. The highest BCUT2D eigenvalue weighted by molar-refractivity contribution is 4.74. The summed E-state index contributed by atoms with van der Waals surface area (Å²) in [6.07, 6.45) is 4.14. The SMILES string of the molecule is C1CCNC1.CC.CCC1CN(C)C1. The monoisotopic (exact) mass is 200 g/mol. The van der Waals surface area contributed by atoms with Crippen molar-refractivity contribution in [1.29, 1.82) is 0 Å². The van der Waals surface area contributed by atoms with E-state index in [1.54, 1.807) is 0 Å². The van der Waals surface area contributed by atoms with Gasteiger partial charge in [0, 0.05) is 13.1 Å². The van der Waals surface area contributed by atoms with Gasteiger partial charge in [-0.2, -0.15) is 0 Å². The third-order valence-corrected chi connectivity index (χ3v) is 2.67. The van der Waals surface area contributed by atoms with Gasteiger partial charge >= 0.3 is 0 Å². The number of hydrogen-bond donors (Lipinski definition) is 1. The number of nitrogens with zero attached hydrogens (tertiary/aromatic N) is 1. The van der Waals surface area contributed by atoms with Crippen LogP contribution < -0.4 is 5.32 Å². The molecule has 2 aliphatic heterocycles. The molecule has 0 spiro atoms. The lowest BCUT2D eigenvalue weighted by Gasteiger charge is -2.35. The van der Waals surface area contributed by atoms with Crippen LogP contribution in [0.3, 0.4) is 0 Å². The second-order valence-electron chi connectivity index (χ2n) is 3.95. The van der Waals surface area contributed by atoms with Crippen molar-refractivity contribution in [2.75, 3.05) is 33.2 Å². The highest BCUT2D eigenvalue weighted by Gasteiger charge is 2.19. The topological polar surface area (TPSA) is 15.3 Å². The van der Waals surface area contributed by atoms with Gasteiger partial charge in [0.05, 0.1) is 0 Å². The van der Waals surface area contributed by atoms with Crippen LogP contribution in [-0.4, -0.2) is 38.1 Å². The summed E-state index contributed by atoms with van der Waals surface area (Å²) in [6, 6.07) is 0. The van der Waals surface area contributed by atoms with E-state index in [2.05, 4.69) is 24.2 Å². The first-order valence-corrected chi connectivity index (χ1v) is 6.22. The molecule has 0 aromatic heterocycles. The van der Waals surface area contributed by atoms with Crippen LogP contribution in [0.4, 0.5) is 0 Å². The van der Waals surface area contributed by atoms with Crippen molar-refractivity contribution >= 4 is 0 Å². The molecule has 2 saturated heterocycles. The maximum atomic E-state index is 3.22. The lowest BCUT2D eigenvalue weighted by molar-refractivity contribution is 0.131. The molecule has 0 aliphatic carbocycles. The molecule has 2 rings (SSSR count). The summed E-state index contributed by atoms with van der Waals surface area (Å²) in [6.45, 7) is 11.4. The van der Waals surface area contributed by atoms with Crippen molar-refractivity contribution < 1.29 is 0 Å². The van der Waals surface area contributed by atoms with Gasteiger partial charge in [0.2, 0.25) is 0 Å². The van der Waals surface area contributed by atoms with E-state index in [1.165, 1.54) is 45.4 Å². The van der Waals surface area contributed by atoms with Gasteiger partial charge in [-0.25, -0.2) is 0 Å². The Hall–Kier alpha value is -0.0800. The molecule has 0 aromatic rings. The van der Waals surface area contributed by atoms with Crippen molar-refractivity contribution in [1.82, 2.24) is 10.2 Å². The minimum atomic E-state index is 1.02. The summed E-state index contributed by atoms with van der Waals surface area (Å²) in [7, 11) is 2.17. The van der Waals surface area contributed by atoms with Crippen molar-refractivity contribution in [3.8, 4) is 0 Å². The molecule has 0 radical (unpaired) electrons. The predicted molar refractivity (Wildman–Crippen MR) is 64.7 cm³/mol. The van der Waals surface area contributed by atoms with E-state index in [0.29, 0.717) is 0 Å². The van der Waals surface area contributed by atoms with Crippen LogP contribution >= 0.6 is 0 Å². The lowest BCUT2D eigenvalue weighted by atomic mass is 9.99. The maximum absolute atomic E-state index is 3.22. The zero-order valence-corrected chi connectivity index (χ0v) is 10.5. The minimum Gasteiger partial charge on any atom is -0.317 e. The Bertz CT molecular complexity index is 97.3. The van der Waals surface area contributed by atoms with Gasteiger partial charge in [-0.15, -0.1) is 0 Å². The summed E-state index contributed by atoms with van der Waals surface area (Å²) < 4.78 is 0. The zero-order chi connectivity index (χ0) is 10.8. The Morgan fingerprint density at radius 1 is 1.14 bits per heavy atom. The normalized spacial score (nSPS) is 21.4. The molecule has 0 bridgehead atoms. The van der Waals surface area contributed by atoms with Gasteiger partial charge in [-0.3, -0.25) is 0 Å². The summed E-state index contributed by atoms with van der Waals surface area (Å²) in [5.74, 6) is 1.02. The number of rotatable bonds is 1. The van der Waals surface area contributed by atoms with Gasteiger partial charge in [-0.1, -0.05) is 27.2 Å². The van der Waals surface area contributed by atoms with Crippen LogP contribution in [0.5, 0.6) is 0 Å². The first kappa shape index (κ1) is 13.9. The molecule has 2 nitrogen and oxygen atoms in total. The zero-order valence-electron chi connectivity index (χ0n) is 10.5. The molecule has 0 saturated carbocycles. The van der Waals surface area contributed by atoms with Gasteiger partial charge in [-0.05, 0) is 38.9 Å². The minimum absolute atomic E-state index is 1.02. The average molecular weight is 200 g/mol. The van der Waals surface area contributed by atoms with Crippen LogP contribution in [0.15, 0.2) is 0 Å². The Morgan fingerprint density at radius 2 is 1.64 bits per heavy atom. The van der Waals surface area contributed by atoms with Crippen LogP contribution in [0.1, 0.15) is 40.0 Å².